The van der Waals surface area contributed by atoms with Gasteiger partial charge in [0.15, 0.2) is 0 Å². The lowest BCUT2D eigenvalue weighted by Gasteiger charge is -2.01. The highest BCUT2D eigenvalue weighted by Crippen LogP contribution is 2.12. The number of allylic oxidation sites excluding steroid dienone is 8. The first-order valence-electron chi connectivity index (χ1n) is 6.66. The van der Waals surface area contributed by atoms with E-state index in [1.54, 1.807) is 0 Å². The van der Waals surface area contributed by atoms with Crippen molar-refractivity contribution in [3.63, 3.8) is 0 Å². The van der Waals surface area contributed by atoms with Crippen LogP contribution in [0.1, 0.15) is 44.9 Å². The van der Waals surface area contributed by atoms with Crippen LogP contribution >= 0.6 is 0 Å². The molecule has 0 amide bonds. The molecule has 1 aliphatic rings. The molecule has 1 aliphatic carbocycles. The van der Waals surface area contributed by atoms with E-state index < -0.39 is 0 Å². The van der Waals surface area contributed by atoms with Gasteiger partial charge >= 0.3 is 0 Å². The van der Waals surface area contributed by atoms with E-state index in [1.807, 2.05) is 6.08 Å². The van der Waals surface area contributed by atoms with Crippen LogP contribution in [0.3, 0.4) is 0 Å². The van der Waals surface area contributed by atoms with Gasteiger partial charge in [0.1, 0.15) is 0 Å². The molecular weight excluding hydrogens is 204 g/mol. The largest absolute Gasteiger partial charge is 0.0988 e. The Morgan fingerprint density at radius 3 is 2.82 bits per heavy atom. The zero-order chi connectivity index (χ0) is 12.3. The van der Waals surface area contributed by atoms with E-state index in [2.05, 4.69) is 43.5 Å². The molecule has 0 aromatic rings. The minimum absolute atomic E-state index is 1.10. The van der Waals surface area contributed by atoms with Crippen molar-refractivity contribution in [1.82, 2.24) is 0 Å². The van der Waals surface area contributed by atoms with Gasteiger partial charge < -0.3 is 0 Å². The number of rotatable bonds is 8. The zero-order valence-electron chi connectivity index (χ0n) is 10.8. The Morgan fingerprint density at radius 2 is 2.12 bits per heavy atom. The fourth-order valence-electron chi connectivity index (χ4n) is 1.87. The molecule has 92 valence electrons. The lowest BCUT2D eigenvalue weighted by molar-refractivity contribution is 0.689. The molecule has 0 saturated heterocycles. The predicted octanol–water partition coefficient (Wildman–Crippen LogP) is 5.51. The highest BCUT2D eigenvalue weighted by molar-refractivity contribution is 5.32. The first-order chi connectivity index (χ1) is 8.33. The van der Waals surface area contributed by atoms with Gasteiger partial charge in [-0.25, -0.2) is 0 Å². The van der Waals surface area contributed by atoms with E-state index in [9.17, 15) is 0 Å². The summed E-state index contributed by atoms with van der Waals surface area (Å²) >= 11 is 0. The van der Waals surface area contributed by atoms with Crippen molar-refractivity contribution in [3.8, 4) is 0 Å². The molecule has 0 aromatic heterocycles. The molecule has 0 bridgehead atoms. The van der Waals surface area contributed by atoms with E-state index in [0.717, 1.165) is 12.0 Å². The number of unbranched alkanes of at least 4 members (excludes halogenated alkanes) is 3. The van der Waals surface area contributed by atoms with Gasteiger partial charge in [-0.1, -0.05) is 61.6 Å². The quantitative estimate of drug-likeness (QED) is 0.379. The maximum absolute atomic E-state index is 3.92. The van der Waals surface area contributed by atoms with Crippen LogP contribution in [0.15, 0.2) is 60.8 Å². The Morgan fingerprint density at radius 1 is 1.24 bits per heavy atom. The SMILES string of the molecule is C=CC(=C)CCCCC/C=C/C1=CCCC=C1. The first-order valence-corrected chi connectivity index (χ1v) is 6.66. The van der Waals surface area contributed by atoms with Crippen LogP contribution in [0.2, 0.25) is 0 Å². The fourth-order valence-corrected chi connectivity index (χ4v) is 1.87. The van der Waals surface area contributed by atoms with Crippen molar-refractivity contribution in [3.05, 3.63) is 60.8 Å². The summed E-state index contributed by atoms with van der Waals surface area (Å²) in [4.78, 5) is 0. The predicted molar refractivity (Wildman–Crippen MR) is 78.0 cm³/mol. The second kappa shape index (κ2) is 8.81. The maximum Gasteiger partial charge on any atom is -0.0285 e. The topological polar surface area (TPSA) is 0 Å². The molecule has 0 atom stereocenters. The summed E-state index contributed by atoms with van der Waals surface area (Å²) < 4.78 is 0. The minimum atomic E-state index is 1.10. The lowest BCUT2D eigenvalue weighted by Crippen LogP contribution is -1.81. The van der Waals surface area contributed by atoms with Gasteiger partial charge in [-0.3, -0.25) is 0 Å². The molecule has 0 fully saturated rings. The van der Waals surface area contributed by atoms with Gasteiger partial charge in [-0.2, -0.15) is 0 Å². The summed E-state index contributed by atoms with van der Waals surface area (Å²) in [5.41, 5.74) is 2.54. The fraction of sp³-hybridized carbons (Fsp3) is 0.412. The molecule has 0 radical (unpaired) electrons. The third-order valence-corrected chi connectivity index (χ3v) is 2.99. The van der Waals surface area contributed by atoms with Gasteiger partial charge in [-0.05, 0) is 44.1 Å². The van der Waals surface area contributed by atoms with Gasteiger partial charge in [0.2, 0.25) is 0 Å². The first kappa shape index (κ1) is 13.8. The van der Waals surface area contributed by atoms with Gasteiger partial charge in [0, 0.05) is 0 Å². The van der Waals surface area contributed by atoms with Crippen LogP contribution in [0.4, 0.5) is 0 Å². The maximum atomic E-state index is 3.92. The third kappa shape index (κ3) is 6.78. The number of hydrogen-bond acceptors (Lipinski definition) is 0. The molecule has 0 heterocycles. The van der Waals surface area contributed by atoms with E-state index in [-0.39, 0.29) is 0 Å². The minimum Gasteiger partial charge on any atom is -0.0988 e. The smallest absolute Gasteiger partial charge is 0.0285 e. The van der Waals surface area contributed by atoms with E-state index in [1.165, 1.54) is 44.1 Å². The average molecular weight is 228 g/mol. The van der Waals surface area contributed by atoms with Gasteiger partial charge in [0.25, 0.3) is 0 Å². The second-order valence-corrected chi connectivity index (χ2v) is 4.55. The Balaban J connectivity index is 2.02. The monoisotopic (exact) mass is 228 g/mol. The zero-order valence-corrected chi connectivity index (χ0v) is 10.8. The summed E-state index contributed by atoms with van der Waals surface area (Å²) in [7, 11) is 0. The second-order valence-electron chi connectivity index (χ2n) is 4.55. The van der Waals surface area contributed by atoms with Crippen LogP contribution in [-0.2, 0) is 0 Å². The van der Waals surface area contributed by atoms with Crippen molar-refractivity contribution in [2.75, 3.05) is 0 Å². The molecule has 0 spiro atoms. The van der Waals surface area contributed by atoms with Crippen molar-refractivity contribution in [2.24, 2.45) is 0 Å². The van der Waals surface area contributed by atoms with E-state index in [4.69, 9.17) is 0 Å². The van der Waals surface area contributed by atoms with Gasteiger partial charge in [0.05, 0.1) is 0 Å². The van der Waals surface area contributed by atoms with Crippen LogP contribution < -0.4 is 0 Å². The molecule has 0 heteroatoms. The van der Waals surface area contributed by atoms with Crippen LogP contribution in [0, 0.1) is 0 Å². The van der Waals surface area contributed by atoms with E-state index >= 15 is 0 Å². The van der Waals surface area contributed by atoms with E-state index in [0.29, 0.717) is 0 Å². The summed E-state index contributed by atoms with van der Waals surface area (Å²) in [6.45, 7) is 7.64. The summed E-state index contributed by atoms with van der Waals surface area (Å²) in [5.74, 6) is 0. The molecule has 1 rings (SSSR count). The molecule has 0 N–H and O–H groups in total. The highest BCUT2D eigenvalue weighted by atomic mass is 14.0. The summed E-state index contributed by atoms with van der Waals surface area (Å²) in [6, 6.07) is 0. The van der Waals surface area contributed by atoms with Crippen molar-refractivity contribution in [2.45, 2.75) is 44.9 Å². The normalized spacial score (nSPS) is 14.9. The van der Waals surface area contributed by atoms with Crippen molar-refractivity contribution < 1.29 is 0 Å². The van der Waals surface area contributed by atoms with Crippen LogP contribution in [0.5, 0.6) is 0 Å². The summed E-state index contributed by atoms with van der Waals surface area (Å²) in [5, 5.41) is 0. The average Bonchev–Trinajstić information content (AvgIpc) is 2.38. The Bertz CT molecular complexity index is 326. The van der Waals surface area contributed by atoms with Crippen LogP contribution in [0.25, 0.3) is 0 Å². The Labute approximate surface area is 106 Å². The molecule has 0 unspecified atom stereocenters. The highest BCUT2D eigenvalue weighted by Gasteiger charge is 1.92. The Kier molecular flexibility index (Phi) is 7.13. The summed E-state index contributed by atoms with van der Waals surface area (Å²) in [6.07, 6.45) is 21.7. The molecule has 0 aromatic carbocycles. The third-order valence-electron chi connectivity index (χ3n) is 2.99. The van der Waals surface area contributed by atoms with Crippen molar-refractivity contribution in [1.29, 1.82) is 0 Å². The standard InChI is InChI=1S/C17H24/c1-3-16(2)12-8-5-4-6-9-13-17-14-10-7-11-15-17/h3,9-10,13-15H,1-2,4-8,11-12H2/b13-9+. The Hall–Kier alpha value is -1.30. The number of hydrogen-bond donors (Lipinski definition) is 0. The molecular formula is C17H24. The van der Waals surface area contributed by atoms with Crippen molar-refractivity contribution >= 4 is 0 Å². The lowest BCUT2D eigenvalue weighted by atomic mass is 10.1. The molecule has 0 aliphatic heterocycles. The molecule has 0 nitrogen and oxygen atoms in total. The van der Waals surface area contributed by atoms with Crippen LogP contribution in [-0.4, -0.2) is 0 Å². The molecule has 17 heavy (non-hydrogen) atoms. The van der Waals surface area contributed by atoms with Gasteiger partial charge in [-0.15, -0.1) is 0 Å². The molecule has 0 saturated carbocycles.